The number of hydrogen-bond acceptors (Lipinski definition) is 4. The van der Waals surface area contributed by atoms with Crippen LogP contribution in [0.15, 0.2) is 48.5 Å². The van der Waals surface area contributed by atoms with E-state index in [0.29, 0.717) is 17.2 Å². The van der Waals surface area contributed by atoms with Crippen molar-refractivity contribution in [3.63, 3.8) is 0 Å². The van der Waals surface area contributed by atoms with Crippen molar-refractivity contribution in [2.75, 3.05) is 0 Å². The molecule has 0 bridgehead atoms. The van der Waals surface area contributed by atoms with Crippen molar-refractivity contribution in [3.8, 4) is 17.2 Å². The SMILES string of the molecule is O=P1(Oc2[c]cccc2)Oc2ccccc2O1. The van der Waals surface area contributed by atoms with Gasteiger partial charge < -0.3 is 13.6 Å². The van der Waals surface area contributed by atoms with Crippen LogP contribution in [0.3, 0.4) is 0 Å². The summed E-state index contributed by atoms with van der Waals surface area (Å²) in [6.45, 7) is 0. The molecule has 0 unspecified atom stereocenters. The van der Waals surface area contributed by atoms with Crippen LogP contribution in [0.2, 0.25) is 0 Å². The van der Waals surface area contributed by atoms with Crippen LogP contribution >= 0.6 is 7.82 Å². The normalized spacial score (nSPS) is 15.5. The third kappa shape index (κ3) is 1.99. The molecule has 85 valence electrons. The molecule has 2 aromatic rings. The number of phosphoric ester groups is 1. The molecule has 1 aliphatic heterocycles. The van der Waals surface area contributed by atoms with Crippen molar-refractivity contribution in [1.29, 1.82) is 0 Å². The second kappa shape index (κ2) is 3.82. The summed E-state index contributed by atoms with van der Waals surface area (Å²) in [6, 6.07) is 16.5. The van der Waals surface area contributed by atoms with Crippen LogP contribution in [0.25, 0.3) is 0 Å². The predicted molar refractivity (Wildman–Crippen MR) is 61.2 cm³/mol. The van der Waals surface area contributed by atoms with Crippen molar-refractivity contribution in [3.05, 3.63) is 54.6 Å². The van der Waals surface area contributed by atoms with E-state index in [9.17, 15) is 4.57 Å². The monoisotopic (exact) mass is 247 g/mol. The molecule has 1 radical (unpaired) electrons. The summed E-state index contributed by atoms with van der Waals surface area (Å²) >= 11 is 0. The summed E-state index contributed by atoms with van der Waals surface area (Å²) in [7, 11) is -3.61. The quantitative estimate of drug-likeness (QED) is 0.762. The average Bonchev–Trinajstić information content (AvgIpc) is 2.66. The summed E-state index contributed by atoms with van der Waals surface area (Å²) in [5, 5.41) is 0. The molecular weight excluding hydrogens is 239 g/mol. The lowest BCUT2D eigenvalue weighted by molar-refractivity contribution is 0.331. The Labute approximate surface area is 98.4 Å². The average molecular weight is 247 g/mol. The lowest BCUT2D eigenvalue weighted by atomic mass is 10.3. The molecule has 3 rings (SSSR count). The molecule has 2 aromatic carbocycles. The Bertz CT molecular complexity index is 553. The Morgan fingerprint density at radius 2 is 1.65 bits per heavy atom. The number of benzene rings is 2. The largest absolute Gasteiger partial charge is 0.647 e. The Kier molecular flexibility index (Phi) is 2.30. The van der Waals surface area contributed by atoms with Gasteiger partial charge in [-0.25, -0.2) is 0 Å². The van der Waals surface area contributed by atoms with Crippen LogP contribution in [-0.2, 0) is 4.57 Å². The number of hydrogen-bond donors (Lipinski definition) is 0. The first-order chi connectivity index (χ1) is 8.25. The van der Waals surface area contributed by atoms with Crippen molar-refractivity contribution in [1.82, 2.24) is 0 Å². The van der Waals surface area contributed by atoms with E-state index < -0.39 is 7.82 Å². The van der Waals surface area contributed by atoms with Crippen molar-refractivity contribution in [2.24, 2.45) is 0 Å². The molecule has 0 aliphatic carbocycles. The maximum absolute atomic E-state index is 12.2. The molecule has 0 atom stereocenters. The lowest BCUT2D eigenvalue weighted by Gasteiger charge is -2.09. The van der Waals surface area contributed by atoms with E-state index in [4.69, 9.17) is 13.6 Å². The maximum atomic E-state index is 12.2. The minimum atomic E-state index is -3.61. The molecule has 0 N–H and O–H groups in total. The van der Waals surface area contributed by atoms with Gasteiger partial charge in [0.15, 0.2) is 11.5 Å². The molecule has 0 fully saturated rings. The van der Waals surface area contributed by atoms with Crippen LogP contribution in [-0.4, -0.2) is 0 Å². The Balaban J connectivity index is 1.85. The summed E-state index contributed by atoms with van der Waals surface area (Å²) in [5.41, 5.74) is 0. The van der Waals surface area contributed by atoms with Gasteiger partial charge in [-0.3, -0.25) is 0 Å². The third-order valence-electron chi connectivity index (χ3n) is 2.16. The number of rotatable bonds is 2. The zero-order valence-corrected chi connectivity index (χ0v) is 9.59. The molecule has 0 amide bonds. The molecule has 1 aliphatic rings. The molecule has 0 saturated carbocycles. The van der Waals surface area contributed by atoms with Gasteiger partial charge in [-0.1, -0.05) is 30.3 Å². The number of fused-ring (bicyclic) bond motifs is 1. The van der Waals surface area contributed by atoms with E-state index in [2.05, 4.69) is 6.07 Å². The van der Waals surface area contributed by atoms with Crippen LogP contribution < -0.4 is 13.6 Å². The Morgan fingerprint density at radius 1 is 1.00 bits per heavy atom. The topological polar surface area (TPSA) is 44.8 Å². The van der Waals surface area contributed by atoms with Crippen LogP contribution in [0.4, 0.5) is 0 Å². The lowest BCUT2D eigenvalue weighted by Crippen LogP contribution is -2.00. The van der Waals surface area contributed by atoms with Crippen molar-refractivity contribution in [2.45, 2.75) is 0 Å². The summed E-state index contributed by atoms with van der Waals surface area (Å²) in [5.74, 6) is 1.17. The fourth-order valence-corrected chi connectivity index (χ4v) is 2.70. The van der Waals surface area contributed by atoms with E-state index in [-0.39, 0.29) is 0 Å². The Hall–Kier alpha value is -1.93. The third-order valence-corrected chi connectivity index (χ3v) is 3.42. The minimum absolute atomic E-state index is 0.323. The van der Waals surface area contributed by atoms with Gasteiger partial charge in [0.25, 0.3) is 0 Å². The van der Waals surface area contributed by atoms with E-state index in [0.717, 1.165) is 0 Å². The molecule has 0 saturated heterocycles. The van der Waals surface area contributed by atoms with E-state index >= 15 is 0 Å². The molecule has 1 heterocycles. The van der Waals surface area contributed by atoms with Gasteiger partial charge in [-0.05, 0) is 18.2 Å². The van der Waals surface area contributed by atoms with Crippen molar-refractivity contribution >= 4 is 7.82 Å². The number of phosphoric acid groups is 1. The van der Waals surface area contributed by atoms with Gasteiger partial charge in [0.05, 0.1) is 0 Å². The highest BCUT2D eigenvalue weighted by Crippen LogP contribution is 2.58. The van der Waals surface area contributed by atoms with Crippen LogP contribution in [0.1, 0.15) is 0 Å². The Morgan fingerprint density at radius 3 is 2.24 bits per heavy atom. The second-order valence-electron chi connectivity index (χ2n) is 3.39. The van der Waals surface area contributed by atoms with Gasteiger partial charge in [0, 0.05) is 6.07 Å². The zero-order valence-electron chi connectivity index (χ0n) is 8.70. The smallest absolute Gasteiger partial charge is 0.385 e. The summed E-state index contributed by atoms with van der Waals surface area (Å²) in [4.78, 5) is 0. The second-order valence-corrected chi connectivity index (χ2v) is 4.84. The van der Waals surface area contributed by atoms with Crippen LogP contribution in [0, 0.1) is 6.07 Å². The summed E-state index contributed by atoms with van der Waals surface area (Å²) < 4.78 is 27.7. The zero-order chi connectivity index (χ0) is 11.7. The van der Waals surface area contributed by atoms with Gasteiger partial charge in [-0.2, -0.15) is 4.57 Å². The maximum Gasteiger partial charge on any atom is 0.647 e. The first-order valence-corrected chi connectivity index (χ1v) is 6.46. The molecular formula is C12H8O4P. The van der Waals surface area contributed by atoms with Gasteiger partial charge in [0.1, 0.15) is 5.75 Å². The van der Waals surface area contributed by atoms with E-state index in [1.165, 1.54) is 0 Å². The van der Waals surface area contributed by atoms with Crippen LogP contribution in [0.5, 0.6) is 17.2 Å². The summed E-state index contributed by atoms with van der Waals surface area (Å²) in [6.07, 6.45) is 0. The van der Waals surface area contributed by atoms with E-state index in [1.807, 2.05) is 0 Å². The highest BCUT2D eigenvalue weighted by Gasteiger charge is 2.40. The van der Waals surface area contributed by atoms with Gasteiger partial charge in [-0.15, -0.1) is 0 Å². The molecule has 17 heavy (non-hydrogen) atoms. The fraction of sp³-hybridized carbons (Fsp3) is 0. The fourth-order valence-electron chi connectivity index (χ4n) is 1.45. The van der Waals surface area contributed by atoms with E-state index in [1.54, 1.807) is 48.5 Å². The first kappa shape index (κ1) is 10.2. The minimum Gasteiger partial charge on any atom is -0.385 e. The standard InChI is InChI=1S/C12H8O4P/c13-17(14-10-6-2-1-3-7-10)15-11-8-4-5-9-12(11)16-17/h1-6,8-9H. The van der Waals surface area contributed by atoms with Crippen molar-refractivity contribution < 1.29 is 18.1 Å². The first-order valence-electron chi connectivity index (χ1n) is 5.00. The number of para-hydroxylation sites is 3. The predicted octanol–water partition coefficient (Wildman–Crippen LogP) is 3.45. The highest BCUT2D eigenvalue weighted by molar-refractivity contribution is 7.50. The molecule has 0 aromatic heterocycles. The van der Waals surface area contributed by atoms with Gasteiger partial charge in [0.2, 0.25) is 0 Å². The molecule has 0 spiro atoms. The molecule has 4 nitrogen and oxygen atoms in total. The molecule has 5 heteroatoms. The van der Waals surface area contributed by atoms with Gasteiger partial charge >= 0.3 is 7.82 Å². The highest BCUT2D eigenvalue weighted by atomic mass is 31.2.